The van der Waals surface area contributed by atoms with E-state index >= 15 is 0 Å². The summed E-state index contributed by atoms with van der Waals surface area (Å²) in [6.07, 6.45) is 4.08. The Balaban J connectivity index is 1.94. The standard InChI is InChI=1S/C11H18N4O/c1-2-16-10-5-7-13-11(15-10)14-9-4-3-6-12-8-9/h5,7,9,12H,2-4,6,8H2,1H3,(H,13,14,15). The van der Waals surface area contributed by atoms with Gasteiger partial charge in [0.25, 0.3) is 0 Å². The van der Waals surface area contributed by atoms with E-state index in [4.69, 9.17) is 4.74 Å². The molecule has 1 aliphatic heterocycles. The molecule has 1 atom stereocenters. The molecule has 0 amide bonds. The monoisotopic (exact) mass is 222 g/mol. The molecule has 2 rings (SSSR count). The molecule has 1 unspecified atom stereocenters. The van der Waals surface area contributed by atoms with Gasteiger partial charge >= 0.3 is 0 Å². The van der Waals surface area contributed by atoms with Crippen LogP contribution in [0.4, 0.5) is 5.95 Å². The first-order chi connectivity index (χ1) is 7.88. The van der Waals surface area contributed by atoms with E-state index in [0.717, 1.165) is 19.5 Å². The zero-order valence-electron chi connectivity index (χ0n) is 9.57. The lowest BCUT2D eigenvalue weighted by Crippen LogP contribution is -2.38. The molecule has 1 aliphatic rings. The SMILES string of the molecule is CCOc1ccnc(NC2CCCNC2)n1. The van der Waals surface area contributed by atoms with E-state index in [-0.39, 0.29) is 0 Å². The molecule has 0 saturated carbocycles. The maximum atomic E-state index is 5.33. The van der Waals surface area contributed by atoms with Crippen molar-refractivity contribution in [3.63, 3.8) is 0 Å². The average molecular weight is 222 g/mol. The van der Waals surface area contributed by atoms with Crippen LogP contribution >= 0.6 is 0 Å². The zero-order chi connectivity index (χ0) is 11.2. The highest BCUT2D eigenvalue weighted by molar-refractivity contribution is 5.29. The van der Waals surface area contributed by atoms with Crippen molar-refractivity contribution in [2.24, 2.45) is 0 Å². The van der Waals surface area contributed by atoms with Gasteiger partial charge in [-0.3, -0.25) is 0 Å². The fourth-order valence-electron chi connectivity index (χ4n) is 1.80. The van der Waals surface area contributed by atoms with Crippen molar-refractivity contribution in [2.75, 3.05) is 25.0 Å². The Morgan fingerprint density at radius 1 is 1.62 bits per heavy atom. The molecule has 0 spiro atoms. The average Bonchev–Trinajstić information content (AvgIpc) is 2.31. The Morgan fingerprint density at radius 3 is 3.31 bits per heavy atom. The summed E-state index contributed by atoms with van der Waals surface area (Å²) in [6, 6.07) is 2.19. The molecule has 1 aromatic rings. The first kappa shape index (κ1) is 11.1. The van der Waals surface area contributed by atoms with Crippen molar-refractivity contribution < 1.29 is 4.74 Å². The molecule has 1 fully saturated rings. The molecule has 2 N–H and O–H groups in total. The highest BCUT2D eigenvalue weighted by Crippen LogP contribution is 2.11. The van der Waals surface area contributed by atoms with E-state index in [1.165, 1.54) is 6.42 Å². The Hall–Kier alpha value is -1.36. The van der Waals surface area contributed by atoms with Crippen LogP contribution < -0.4 is 15.4 Å². The quantitative estimate of drug-likeness (QED) is 0.797. The van der Waals surface area contributed by atoms with E-state index in [1.54, 1.807) is 12.3 Å². The van der Waals surface area contributed by atoms with Gasteiger partial charge in [0.1, 0.15) is 0 Å². The summed E-state index contributed by atoms with van der Waals surface area (Å²) >= 11 is 0. The smallest absolute Gasteiger partial charge is 0.226 e. The van der Waals surface area contributed by atoms with Gasteiger partial charge in [0.15, 0.2) is 0 Å². The summed E-state index contributed by atoms with van der Waals surface area (Å²) in [4.78, 5) is 8.47. The third-order valence-corrected chi connectivity index (χ3v) is 2.55. The molecule has 5 heteroatoms. The zero-order valence-corrected chi connectivity index (χ0v) is 9.57. The van der Waals surface area contributed by atoms with Crippen molar-refractivity contribution in [3.05, 3.63) is 12.3 Å². The second-order valence-electron chi connectivity index (χ2n) is 3.84. The molecule has 16 heavy (non-hydrogen) atoms. The lowest BCUT2D eigenvalue weighted by Gasteiger charge is -2.23. The third-order valence-electron chi connectivity index (χ3n) is 2.55. The number of aromatic nitrogens is 2. The highest BCUT2D eigenvalue weighted by atomic mass is 16.5. The topological polar surface area (TPSA) is 59.1 Å². The van der Waals surface area contributed by atoms with E-state index in [2.05, 4.69) is 20.6 Å². The predicted molar refractivity (Wildman–Crippen MR) is 62.7 cm³/mol. The van der Waals surface area contributed by atoms with Crippen LogP contribution in [-0.4, -0.2) is 35.7 Å². The lowest BCUT2D eigenvalue weighted by molar-refractivity contribution is 0.326. The van der Waals surface area contributed by atoms with Crippen LogP contribution in [-0.2, 0) is 0 Å². The van der Waals surface area contributed by atoms with Crippen LogP contribution in [0.2, 0.25) is 0 Å². The number of nitrogens with zero attached hydrogens (tertiary/aromatic N) is 2. The molecule has 88 valence electrons. The molecule has 0 aliphatic carbocycles. The van der Waals surface area contributed by atoms with Crippen molar-refractivity contribution in [2.45, 2.75) is 25.8 Å². The number of piperidine rings is 1. The van der Waals surface area contributed by atoms with Gasteiger partial charge in [0.05, 0.1) is 6.61 Å². The largest absolute Gasteiger partial charge is 0.478 e. The van der Waals surface area contributed by atoms with Crippen molar-refractivity contribution in [1.29, 1.82) is 0 Å². The summed E-state index contributed by atoms with van der Waals surface area (Å²) in [5, 5.41) is 6.66. The van der Waals surface area contributed by atoms with Gasteiger partial charge in [-0.2, -0.15) is 4.98 Å². The number of hydrogen-bond acceptors (Lipinski definition) is 5. The van der Waals surface area contributed by atoms with Gasteiger partial charge in [0, 0.05) is 24.8 Å². The van der Waals surface area contributed by atoms with Crippen LogP contribution in [0.25, 0.3) is 0 Å². The molecular formula is C11H18N4O. The van der Waals surface area contributed by atoms with Gasteiger partial charge in [-0.25, -0.2) is 4.98 Å². The molecule has 0 bridgehead atoms. The molecule has 5 nitrogen and oxygen atoms in total. The summed E-state index contributed by atoms with van der Waals surface area (Å²) < 4.78 is 5.33. The first-order valence-corrected chi connectivity index (χ1v) is 5.81. The summed E-state index contributed by atoms with van der Waals surface area (Å²) in [5.74, 6) is 1.28. The number of ether oxygens (including phenoxy) is 1. The van der Waals surface area contributed by atoms with Crippen LogP contribution in [0.5, 0.6) is 5.88 Å². The minimum absolute atomic E-state index is 0.422. The number of rotatable bonds is 4. The predicted octanol–water partition coefficient (Wildman–Crippen LogP) is 1.04. The van der Waals surface area contributed by atoms with Gasteiger partial charge in [-0.05, 0) is 26.3 Å². The van der Waals surface area contributed by atoms with E-state index in [9.17, 15) is 0 Å². The van der Waals surface area contributed by atoms with E-state index in [1.807, 2.05) is 6.92 Å². The Labute approximate surface area is 95.6 Å². The van der Waals surface area contributed by atoms with Gasteiger partial charge < -0.3 is 15.4 Å². The van der Waals surface area contributed by atoms with Gasteiger partial charge in [0.2, 0.25) is 11.8 Å². The Kier molecular flexibility index (Phi) is 3.93. The van der Waals surface area contributed by atoms with E-state index in [0.29, 0.717) is 24.5 Å². The Bertz CT molecular complexity index is 326. The Morgan fingerprint density at radius 2 is 2.56 bits per heavy atom. The van der Waals surface area contributed by atoms with Gasteiger partial charge in [-0.1, -0.05) is 0 Å². The van der Waals surface area contributed by atoms with Gasteiger partial charge in [-0.15, -0.1) is 0 Å². The van der Waals surface area contributed by atoms with Crippen LogP contribution in [0.15, 0.2) is 12.3 Å². The molecule has 2 heterocycles. The molecule has 0 aromatic carbocycles. The van der Waals surface area contributed by atoms with Crippen LogP contribution in [0.1, 0.15) is 19.8 Å². The highest BCUT2D eigenvalue weighted by Gasteiger charge is 2.13. The van der Waals surface area contributed by atoms with Crippen molar-refractivity contribution >= 4 is 5.95 Å². The summed E-state index contributed by atoms with van der Waals surface area (Å²) in [7, 11) is 0. The van der Waals surface area contributed by atoms with Crippen LogP contribution in [0, 0.1) is 0 Å². The maximum Gasteiger partial charge on any atom is 0.226 e. The minimum Gasteiger partial charge on any atom is -0.478 e. The summed E-state index contributed by atoms with van der Waals surface area (Å²) in [6.45, 7) is 4.65. The molecule has 1 aromatic heterocycles. The molecular weight excluding hydrogens is 204 g/mol. The van der Waals surface area contributed by atoms with Crippen LogP contribution in [0.3, 0.4) is 0 Å². The minimum atomic E-state index is 0.422. The fourth-order valence-corrected chi connectivity index (χ4v) is 1.80. The lowest BCUT2D eigenvalue weighted by atomic mass is 10.1. The summed E-state index contributed by atoms with van der Waals surface area (Å²) in [5.41, 5.74) is 0. The second kappa shape index (κ2) is 5.65. The number of anilines is 1. The molecule has 1 saturated heterocycles. The number of hydrogen-bond donors (Lipinski definition) is 2. The number of nitrogens with one attached hydrogen (secondary N) is 2. The molecule has 0 radical (unpaired) electrons. The normalized spacial score (nSPS) is 20.4. The fraction of sp³-hybridized carbons (Fsp3) is 0.636. The first-order valence-electron chi connectivity index (χ1n) is 5.81. The van der Waals surface area contributed by atoms with Crippen molar-refractivity contribution in [1.82, 2.24) is 15.3 Å². The second-order valence-corrected chi connectivity index (χ2v) is 3.84. The van der Waals surface area contributed by atoms with Crippen molar-refractivity contribution in [3.8, 4) is 5.88 Å². The van der Waals surface area contributed by atoms with E-state index < -0.39 is 0 Å². The maximum absolute atomic E-state index is 5.33. The third kappa shape index (κ3) is 3.06.